The molecule has 0 bridgehead atoms. The molecule has 2 aliphatic rings. The lowest BCUT2D eigenvalue weighted by molar-refractivity contribution is -0.124. The predicted molar refractivity (Wildman–Crippen MR) is 92.7 cm³/mol. The number of ether oxygens (including phenoxy) is 1. The van der Waals surface area contributed by atoms with E-state index in [9.17, 15) is 4.79 Å². The Morgan fingerprint density at radius 3 is 3.00 bits per heavy atom. The standard InChI is InChI=1S/C16H18ClN3O2S/c1-22-12-5-4-11(17)14-13(12)19-16(23-14)20-7-6-9(8-20)15(21)18-10-2-3-10/h4-5,9-10H,2-3,6-8H2,1H3,(H,18,21). The lowest BCUT2D eigenvalue weighted by Gasteiger charge is -2.14. The summed E-state index contributed by atoms with van der Waals surface area (Å²) in [5.41, 5.74) is 0.797. The average Bonchev–Trinajstić information content (AvgIpc) is 3.05. The summed E-state index contributed by atoms with van der Waals surface area (Å²) in [6.45, 7) is 1.57. The van der Waals surface area contributed by atoms with Crippen LogP contribution in [-0.2, 0) is 4.79 Å². The normalized spacial score (nSPS) is 21.0. The highest BCUT2D eigenvalue weighted by molar-refractivity contribution is 7.22. The van der Waals surface area contributed by atoms with Crippen molar-refractivity contribution >= 4 is 44.2 Å². The van der Waals surface area contributed by atoms with Crippen LogP contribution >= 0.6 is 22.9 Å². The summed E-state index contributed by atoms with van der Waals surface area (Å²) in [5, 5.41) is 4.70. The number of anilines is 1. The van der Waals surface area contributed by atoms with Crippen molar-refractivity contribution in [3.8, 4) is 5.75 Å². The van der Waals surface area contributed by atoms with E-state index in [4.69, 9.17) is 21.3 Å². The molecule has 1 saturated heterocycles. The van der Waals surface area contributed by atoms with Crippen LogP contribution in [0.2, 0.25) is 5.02 Å². The van der Waals surface area contributed by atoms with Gasteiger partial charge < -0.3 is 15.0 Å². The lowest BCUT2D eigenvalue weighted by atomic mass is 10.1. The Hall–Kier alpha value is -1.53. The van der Waals surface area contributed by atoms with Crippen LogP contribution in [0.25, 0.3) is 10.2 Å². The van der Waals surface area contributed by atoms with Crippen LogP contribution in [0.5, 0.6) is 5.75 Å². The van der Waals surface area contributed by atoms with Crippen molar-refractivity contribution < 1.29 is 9.53 Å². The molecule has 7 heteroatoms. The molecule has 0 radical (unpaired) electrons. The molecule has 1 unspecified atom stereocenters. The number of rotatable bonds is 4. The summed E-state index contributed by atoms with van der Waals surface area (Å²) in [5.74, 6) is 0.973. The first-order chi connectivity index (χ1) is 11.2. The van der Waals surface area contributed by atoms with Gasteiger partial charge in [0.25, 0.3) is 0 Å². The Morgan fingerprint density at radius 1 is 1.43 bits per heavy atom. The lowest BCUT2D eigenvalue weighted by Crippen LogP contribution is -2.34. The van der Waals surface area contributed by atoms with E-state index in [2.05, 4.69) is 10.2 Å². The van der Waals surface area contributed by atoms with Gasteiger partial charge >= 0.3 is 0 Å². The number of nitrogens with zero attached hydrogens (tertiary/aromatic N) is 2. The minimum absolute atomic E-state index is 0.0555. The van der Waals surface area contributed by atoms with Crippen molar-refractivity contribution in [3.63, 3.8) is 0 Å². The number of aromatic nitrogens is 1. The van der Waals surface area contributed by atoms with E-state index in [1.807, 2.05) is 12.1 Å². The maximum atomic E-state index is 12.2. The first kappa shape index (κ1) is 15.0. The molecule has 0 spiro atoms. The molecule has 2 heterocycles. The fraction of sp³-hybridized carbons (Fsp3) is 0.500. The number of amides is 1. The van der Waals surface area contributed by atoms with Crippen LogP contribution in [0.1, 0.15) is 19.3 Å². The summed E-state index contributed by atoms with van der Waals surface area (Å²) in [6, 6.07) is 4.09. The largest absolute Gasteiger partial charge is 0.494 e. The maximum Gasteiger partial charge on any atom is 0.225 e. The van der Waals surface area contributed by atoms with E-state index in [-0.39, 0.29) is 11.8 Å². The molecule has 1 atom stereocenters. The van der Waals surface area contributed by atoms with Gasteiger partial charge in [0.15, 0.2) is 5.13 Å². The number of methoxy groups -OCH3 is 1. The van der Waals surface area contributed by atoms with Gasteiger partial charge in [0.05, 0.1) is 22.8 Å². The molecule has 2 aromatic rings. The summed E-state index contributed by atoms with van der Waals surface area (Å²) < 4.78 is 6.31. The molecule has 23 heavy (non-hydrogen) atoms. The van der Waals surface area contributed by atoms with Gasteiger partial charge in [-0.2, -0.15) is 0 Å². The second-order valence-corrected chi connectivity index (χ2v) is 7.52. The number of halogens is 1. The van der Waals surface area contributed by atoms with Gasteiger partial charge in [0.1, 0.15) is 11.3 Å². The molecule has 1 saturated carbocycles. The third-order valence-corrected chi connectivity index (χ3v) is 6.00. The number of hydrogen-bond donors (Lipinski definition) is 1. The molecule has 2 fully saturated rings. The highest BCUT2D eigenvalue weighted by atomic mass is 35.5. The summed E-state index contributed by atoms with van der Waals surface area (Å²) in [4.78, 5) is 19.1. The van der Waals surface area contributed by atoms with E-state index in [0.29, 0.717) is 11.1 Å². The van der Waals surface area contributed by atoms with Crippen LogP contribution in [0.15, 0.2) is 12.1 Å². The molecule has 4 rings (SSSR count). The van der Waals surface area contributed by atoms with Gasteiger partial charge in [0.2, 0.25) is 5.91 Å². The Balaban J connectivity index is 1.55. The van der Waals surface area contributed by atoms with Gasteiger partial charge in [-0.15, -0.1) is 0 Å². The van der Waals surface area contributed by atoms with Crippen LogP contribution < -0.4 is 15.0 Å². The first-order valence-corrected chi connectivity index (χ1v) is 9.03. The van der Waals surface area contributed by atoms with Crippen molar-refractivity contribution in [1.29, 1.82) is 0 Å². The van der Waals surface area contributed by atoms with Gasteiger partial charge in [-0.25, -0.2) is 4.98 Å². The van der Waals surface area contributed by atoms with Gasteiger partial charge in [-0.05, 0) is 31.4 Å². The zero-order valence-electron chi connectivity index (χ0n) is 12.8. The molecule has 122 valence electrons. The van der Waals surface area contributed by atoms with Crippen LogP contribution in [-0.4, -0.2) is 37.1 Å². The summed E-state index contributed by atoms with van der Waals surface area (Å²) >= 11 is 7.84. The monoisotopic (exact) mass is 351 g/mol. The predicted octanol–water partition coefficient (Wildman–Crippen LogP) is 3.06. The van der Waals surface area contributed by atoms with Crippen LogP contribution in [0, 0.1) is 5.92 Å². The Labute approximate surface area is 143 Å². The van der Waals surface area contributed by atoms with Gasteiger partial charge in [-0.3, -0.25) is 4.79 Å². The molecule has 1 aliphatic carbocycles. The molecule has 1 aromatic carbocycles. The molecular formula is C16H18ClN3O2S. The Kier molecular flexibility index (Phi) is 3.81. The SMILES string of the molecule is COc1ccc(Cl)c2sc(N3CCC(C(=O)NC4CC4)C3)nc12. The average molecular weight is 352 g/mol. The highest BCUT2D eigenvalue weighted by Crippen LogP contribution is 2.39. The number of carbonyl (C=O) groups excluding carboxylic acids is 1. The minimum Gasteiger partial charge on any atom is -0.494 e. The number of thiazole rings is 1. The highest BCUT2D eigenvalue weighted by Gasteiger charge is 2.33. The van der Waals surface area contributed by atoms with Crippen molar-refractivity contribution in [2.24, 2.45) is 5.92 Å². The van der Waals surface area contributed by atoms with Crippen LogP contribution in [0.4, 0.5) is 5.13 Å². The second-order valence-electron chi connectivity index (χ2n) is 6.14. The molecule has 5 nitrogen and oxygen atoms in total. The smallest absolute Gasteiger partial charge is 0.225 e. The molecular weight excluding hydrogens is 334 g/mol. The number of fused-ring (bicyclic) bond motifs is 1. The second kappa shape index (κ2) is 5.83. The van der Waals surface area contributed by atoms with Gasteiger partial charge in [-0.1, -0.05) is 22.9 Å². The third kappa shape index (κ3) is 2.85. The number of hydrogen-bond acceptors (Lipinski definition) is 5. The number of carbonyl (C=O) groups is 1. The van der Waals surface area contributed by atoms with Gasteiger partial charge in [0, 0.05) is 19.1 Å². The summed E-state index contributed by atoms with van der Waals surface area (Å²) in [7, 11) is 1.63. The zero-order valence-corrected chi connectivity index (χ0v) is 14.4. The third-order valence-electron chi connectivity index (χ3n) is 4.42. The fourth-order valence-electron chi connectivity index (χ4n) is 2.94. The van der Waals surface area contributed by atoms with Crippen molar-refractivity contribution in [2.75, 3.05) is 25.1 Å². The topological polar surface area (TPSA) is 54.5 Å². The minimum atomic E-state index is 0.0555. The summed E-state index contributed by atoms with van der Waals surface area (Å²) in [6.07, 6.45) is 3.12. The molecule has 1 amide bonds. The van der Waals surface area contributed by atoms with Crippen LogP contribution in [0.3, 0.4) is 0 Å². The van der Waals surface area contributed by atoms with E-state index < -0.39 is 0 Å². The van der Waals surface area contributed by atoms with E-state index in [0.717, 1.165) is 53.4 Å². The maximum absolute atomic E-state index is 12.2. The Morgan fingerprint density at radius 2 is 2.26 bits per heavy atom. The Bertz CT molecular complexity index is 759. The quantitative estimate of drug-likeness (QED) is 0.919. The fourth-order valence-corrected chi connectivity index (χ4v) is 4.23. The van der Waals surface area contributed by atoms with Crippen molar-refractivity contribution in [2.45, 2.75) is 25.3 Å². The van der Waals surface area contributed by atoms with E-state index in [1.54, 1.807) is 18.4 Å². The number of benzene rings is 1. The van der Waals surface area contributed by atoms with E-state index >= 15 is 0 Å². The number of nitrogens with one attached hydrogen (secondary N) is 1. The molecule has 1 aliphatic heterocycles. The molecule has 1 aromatic heterocycles. The zero-order chi connectivity index (χ0) is 16.0. The van der Waals surface area contributed by atoms with Crippen molar-refractivity contribution in [1.82, 2.24) is 10.3 Å². The first-order valence-electron chi connectivity index (χ1n) is 7.84. The van der Waals surface area contributed by atoms with Crippen molar-refractivity contribution in [3.05, 3.63) is 17.2 Å². The molecule has 1 N–H and O–H groups in total. The van der Waals surface area contributed by atoms with E-state index in [1.165, 1.54) is 0 Å².